The van der Waals surface area contributed by atoms with Crippen molar-refractivity contribution in [1.82, 2.24) is 10.6 Å². The maximum absolute atomic E-state index is 5.70. The molecule has 0 amide bonds. The van der Waals surface area contributed by atoms with Crippen LogP contribution in [0.2, 0.25) is 0 Å². The lowest BCUT2D eigenvalue weighted by molar-refractivity contribution is 0.0486. The SMILES string of the molecule is c1ccc2c(c1)OC(CNCCCNCC1Oc3ccccc3O1)O2. The van der Waals surface area contributed by atoms with Gasteiger partial charge in [-0.25, -0.2) is 0 Å². The van der Waals surface area contributed by atoms with Crippen LogP contribution in [0.25, 0.3) is 0 Å². The molecule has 0 aromatic heterocycles. The zero-order valence-electron chi connectivity index (χ0n) is 13.9. The third kappa shape index (κ3) is 3.97. The van der Waals surface area contributed by atoms with Crippen molar-refractivity contribution in [3.05, 3.63) is 48.5 Å². The van der Waals surface area contributed by atoms with E-state index in [0.717, 1.165) is 42.5 Å². The van der Waals surface area contributed by atoms with Gasteiger partial charge in [0, 0.05) is 0 Å². The smallest absolute Gasteiger partial charge is 0.253 e. The summed E-state index contributed by atoms with van der Waals surface area (Å²) in [5.74, 6) is 3.25. The van der Waals surface area contributed by atoms with Gasteiger partial charge < -0.3 is 29.6 Å². The lowest BCUT2D eigenvalue weighted by Gasteiger charge is -2.13. The first-order chi connectivity index (χ1) is 12.4. The zero-order valence-corrected chi connectivity index (χ0v) is 13.9. The van der Waals surface area contributed by atoms with E-state index in [0.29, 0.717) is 13.1 Å². The van der Waals surface area contributed by atoms with Crippen molar-refractivity contribution in [3.8, 4) is 23.0 Å². The molecule has 0 radical (unpaired) electrons. The summed E-state index contributed by atoms with van der Waals surface area (Å²) in [6, 6.07) is 15.5. The average molecular weight is 342 g/mol. The molecule has 0 unspecified atom stereocenters. The number of hydrogen-bond acceptors (Lipinski definition) is 6. The van der Waals surface area contributed by atoms with Crippen molar-refractivity contribution in [2.75, 3.05) is 26.2 Å². The van der Waals surface area contributed by atoms with Gasteiger partial charge in [-0.2, -0.15) is 0 Å². The third-order valence-corrected chi connectivity index (χ3v) is 4.06. The van der Waals surface area contributed by atoms with Crippen molar-refractivity contribution >= 4 is 0 Å². The molecule has 0 saturated heterocycles. The van der Waals surface area contributed by atoms with E-state index in [1.807, 2.05) is 48.5 Å². The van der Waals surface area contributed by atoms with E-state index in [4.69, 9.17) is 18.9 Å². The quantitative estimate of drug-likeness (QED) is 0.717. The fourth-order valence-corrected chi connectivity index (χ4v) is 2.85. The number of hydrogen-bond donors (Lipinski definition) is 2. The second-order valence-corrected chi connectivity index (χ2v) is 5.99. The van der Waals surface area contributed by atoms with Gasteiger partial charge >= 0.3 is 0 Å². The summed E-state index contributed by atoms with van der Waals surface area (Å²) in [6.45, 7) is 3.11. The Morgan fingerprint density at radius 1 is 0.600 bits per heavy atom. The van der Waals surface area contributed by atoms with E-state index in [2.05, 4.69) is 10.6 Å². The highest BCUT2D eigenvalue weighted by molar-refractivity contribution is 5.42. The number of para-hydroxylation sites is 4. The molecule has 0 fully saturated rings. The molecule has 0 bridgehead atoms. The van der Waals surface area contributed by atoms with Crippen molar-refractivity contribution < 1.29 is 18.9 Å². The number of nitrogens with one attached hydrogen (secondary N) is 2. The van der Waals surface area contributed by atoms with Crippen LogP contribution in [0.4, 0.5) is 0 Å². The van der Waals surface area contributed by atoms with Gasteiger partial charge in [0.25, 0.3) is 12.6 Å². The van der Waals surface area contributed by atoms with Gasteiger partial charge in [-0.3, -0.25) is 0 Å². The fraction of sp³-hybridized carbons (Fsp3) is 0.368. The van der Waals surface area contributed by atoms with Gasteiger partial charge in [0.05, 0.1) is 13.1 Å². The minimum absolute atomic E-state index is 0.246. The summed E-state index contributed by atoms with van der Waals surface area (Å²) in [7, 11) is 0. The Balaban J connectivity index is 1.05. The van der Waals surface area contributed by atoms with Crippen LogP contribution in [0.15, 0.2) is 48.5 Å². The van der Waals surface area contributed by atoms with Crippen molar-refractivity contribution in [3.63, 3.8) is 0 Å². The van der Waals surface area contributed by atoms with Crippen LogP contribution >= 0.6 is 0 Å². The maximum Gasteiger partial charge on any atom is 0.253 e. The van der Waals surface area contributed by atoms with Gasteiger partial charge in [0.15, 0.2) is 23.0 Å². The molecular weight excluding hydrogens is 320 g/mol. The first kappa shape index (κ1) is 16.1. The third-order valence-electron chi connectivity index (χ3n) is 4.06. The summed E-state index contributed by atoms with van der Waals surface area (Å²) < 4.78 is 22.8. The van der Waals surface area contributed by atoms with E-state index in [1.165, 1.54) is 0 Å². The van der Waals surface area contributed by atoms with E-state index in [1.54, 1.807) is 0 Å². The molecule has 0 atom stereocenters. The Labute approximate surface area is 147 Å². The molecule has 2 aromatic rings. The first-order valence-electron chi connectivity index (χ1n) is 8.64. The first-order valence-corrected chi connectivity index (χ1v) is 8.64. The van der Waals surface area contributed by atoms with E-state index < -0.39 is 0 Å². The monoisotopic (exact) mass is 342 g/mol. The largest absolute Gasteiger partial charge is 0.450 e. The average Bonchev–Trinajstić information content (AvgIpc) is 3.23. The van der Waals surface area contributed by atoms with Crippen LogP contribution in [0.3, 0.4) is 0 Å². The van der Waals surface area contributed by atoms with Gasteiger partial charge in [-0.15, -0.1) is 0 Å². The Morgan fingerprint density at radius 3 is 1.32 bits per heavy atom. The number of ether oxygens (including phenoxy) is 4. The Hall–Kier alpha value is -2.44. The van der Waals surface area contributed by atoms with Crippen LogP contribution < -0.4 is 29.6 Å². The topological polar surface area (TPSA) is 61.0 Å². The molecule has 132 valence electrons. The van der Waals surface area contributed by atoms with Crippen molar-refractivity contribution in [2.24, 2.45) is 0 Å². The van der Waals surface area contributed by atoms with Crippen molar-refractivity contribution in [2.45, 2.75) is 19.0 Å². The van der Waals surface area contributed by atoms with Gasteiger partial charge in [0.1, 0.15) is 0 Å². The molecule has 2 aliphatic heterocycles. The molecule has 0 saturated carbocycles. The van der Waals surface area contributed by atoms with Gasteiger partial charge in [0.2, 0.25) is 0 Å². The lowest BCUT2D eigenvalue weighted by atomic mass is 10.3. The van der Waals surface area contributed by atoms with Crippen LogP contribution in [-0.2, 0) is 0 Å². The Morgan fingerprint density at radius 2 is 0.960 bits per heavy atom. The molecule has 0 aliphatic carbocycles. The Bertz CT molecular complexity index is 600. The predicted octanol–water partition coefficient (Wildman–Crippen LogP) is 2.15. The molecule has 2 aromatic carbocycles. The van der Waals surface area contributed by atoms with E-state index >= 15 is 0 Å². The summed E-state index contributed by atoms with van der Waals surface area (Å²) in [5, 5.41) is 6.70. The van der Waals surface area contributed by atoms with E-state index in [-0.39, 0.29) is 12.6 Å². The van der Waals surface area contributed by atoms with Gasteiger partial charge in [-0.05, 0) is 43.8 Å². The number of fused-ring (bicyclic) bond motifs is 2. The summed E-state index contributed by atoms with van der Waals surface area (Å²) in [6.07, 6.45) is 0.507. The molecular formula is C19H22N2O4. The maximum atomic E-state index is 5.70. The fourth-order valence-electron chi connectivity index (χ4n) is 2.85. The minimum Gasteiger partial charge on any atom is -0.450 e. The standard InChI is InChI=1S/C19H22N2O4/c1-2-7-15-14(6-1)22-18(23-15)12-20-10-5-11-21-13-19-24-16-8-3-4-9-17(16)25-19/h1-4,6-9,18-21H,5,10-13H2. The molecule has 6 nitrogen and oxygen atoms in total. The highest BCUT2D eigenvalue weighted by Crippen LogP contribution is 2.34. The molecule has 2 aliphatic rings. The predicted molar refractivity (Wildman–Crippen MR) is 93.3 cm³/mol. The normalized spacial score (nSPS) is 15.7. The van der Waals surface area contributed by atoms with Crippen LogP contribution in [0.5, 0.6) is 23.0 Å². The summed E-state index contributed by atoms with van der Waals surface area (Å²) in [4.78, 5) is 0. The Kier molecular flexibility index (Phi) is 4.90. The van der Waals surface area contributed by atoms with Crippen LogP contribution in [-0.4, -0.2) is 38.8 Å². The highest BCUT2D eigenvalue weighted by atomic mass is 16.7. The van der Waals surface area contributed by atoms with Gasteiger partial charge in [-0.1, -0.05) is 24.3 Å². The molecule has 4 rings (SSSR count). The number of rotatable bonds is 8. The summed E-state index contributed by atoms with van der Waals surface area (Å²) in [5.41, 5.74) is 0. The molecule has 25 heavy (non-hydrogen) atoms. The highest BCUT2D eigenvalue weighted by Gasteiger charge is 2.23. The second-order valence-electron chi connectivity index (χ2n) is 5.99. The molecule has 0 spiro atoms. The minimum atomic E-state index is -0.246. The van der Waals surface area contributed by atoms with E-state index in [9.17, 15) is 0 Å². The van der Waals surface area contributed by atoms with Crippen LogP contribution in [0, 0.1) is 0 Å². The summed E-state index contributed by atoms with van der Waals surface area (Å²) >= 11 is 0. The van der Waals surface area contributed by atoms with Crippen molar-refractivity contribution in [1.29, 1.82) is 0 Å². The second kappa shape index (κ2) is 7.63. The van der Waals surface area contributed by atoms with Crippen LogP contribution in [0.1, 0.15) is 6.42 Å². The zero-order chi connectivity index (χ0) is 16.9. The number of benzene rings is 2. The molecule has 2 N–H and O–H groups in total. The lowest BCUT2D eigenvalue weighted by Crippen LogP contribution is -2.36. The molecule has 6 heteroatoms. The molecule has 2 heterocycles.